The fourth-order valence-electron chi connectivity index (χ4n) is 3.68. The van der Waals surface area contributed by atoms with E-state index in [1.165, 1.54) is 12.8 Å². The van der Waals surface area contributed by atoms with Gasteiger partial charge in [0.05, 0.1) is 11.6 Å². The standard InChI is InChI=1S/C16H18N2O/c1-3-11-7-6-10-17-15(11)14-12-8-4-5-9-13(12)18(2)16(14)19/h1,6-7,10,12-14H,4-5,8-9H2,2H3/t12?,13?,14-/m1/s1. The molecule has 3 rings (SSSR count). The van der Waals surface area contributed by atoms with Gasteiger partial charge in [0.15, 0.2) is 0 Å². The highest BCUT2D eigenvalue weighted by atomic mass is 16.2. The molecule has 0 N–H and O–H groups in total. The summed E-state index contributed by atoms with van der Waals surface area (Å²) in [7, 11) is 1.92. The van der Waals surface area contributed by atoms with Gasteiger partial charge in [-0.3, -0.25) is 9.78 Å². The van der Waals surface area contributed by atoms with E-state index < -0.39 is 0 Å². The summed E-state index contributed by atoms with van der Waals surface area (Å²) in [5, 5.41) is 0. The van der Waals surface area contributed by atoms with Crippen LogP contribution in [0.1, 0.15) is 42.9 Å². The number of aromatic nitrogens is 1. The fraction of sp³-hybridized carbons (Fsp3) is 0.500. The summed E-state index contributed by atoms with van der Waals surface area (Å²) in [4.78, 5) is 18.9. The van der Waals surface area contributed by atoms with Crippen LogP contribution in [0.5, 0.6) is 0 Å². The largest absolute Gasteiger partial charge is 0.342 e. The zero-order chi connectivity index (χ0) is 13.4. The number of likely N-dealkylation sites (N-methyl/N-ethyl adjacent to an activating group) is 1. The highest BCUT2D eigenvalue weighted by molar-refractivity contribution is 5.87. The van der Waals surface area contributed by atoms with E-state index in [2.05, 4.69) is 10.9 Å². The number of pyridine rings is 1. The maximum atomic E-state index is 12.6. The molecule has 3 atom stereocenters. The number of carbonyl (C=O) groups excluding carboxylic acids is 1. The minimum Gasteiger partial charge on any atom is -0.342 e. The van der Waals surface area contributed by atoms with Crippen LogP contribution in [0.2, 0.25) is 0 Å². The van der Waals surface area contributed by atoms with E-state index in [9.17, 15) is 4.79 Å². The average Bonchev–Trinajstić information content (AvgIpc) is 2.71. The van der Waals surface area contributed by atoms with Crippen molar-refractivity contribution in [3.05, 3.63) is 29.6 Å². The molecule has 3 nitrogen and oxygen atoms in total. The molecule has 3 heteroatoms. The summed E-state index contributed by atoms with van der Waals surface area (Å²) >= 11 is 0. The Morgan fingerprint density at radius 3 is 3.00 bits per heavy atom. The van der Waals surface area contributed by atoms with Crippen LogP contribution in [0.3, 0.4) is 0 Å². The minimum atomic E-state index is -0.137. The predicted octanol–water partition coefficient (Wildman–Crippen LogP) is 2.18. The van der Waals surface area contributed by atoms with E-state index in [0.29, 0.717) is 12.0 Å². The smallest absolute Gasteiger partial charge is 0.232 e. The Balaban J connectivity index is 2.04. The highest BCUT2D eigenvalue weighted by Crippen LogP contribution is 2.44. The van der Waals surface area contributed by atoms with E-state index in [4.69, 9.17) is 6.42 Å². The second kappa shape index (κ2) is 4.70. The third-order valence-corrected chi connectivity index (χ3v) is 4.61. The predicted molar refractivity (Wildman–Crippen MR) is 73.4 cm³/mol. The van der Waals surface area contributed by atoms with Gasteiger partial charge in [0.2, 0.25) is 5.91 Å². The molecule has 1 aliphatic carbocycles. The molecule has 0 bridgehead atoms. The SMILES string of the molecule is C#Cc1cccnc1[C@@H]1C(=O)N(C)C2CCCCC21. The molecule has 0 spiro atoms. The minimum absolute atomic E-state index is 0.137. The summed E-state index contributed by atoms with van der Waals surface area (Å²) in [6.45, 7) is 0. The molecule has 1 aromatic rings. The molecule has 1 aliphatic heterocycles. The Kier molecular flexibility index (Phi) is 3.02. The summed E-state index contributed by atoms with van der Waals surface area (Å²) in [6.07, 6.45) is 11.9. The second-order valence-electron chi connectivity index (χ2n) is 5.52. The third kappa shape index (κ3) is 1.83. The maximum Gasteiger partial charge on any atom is 0.232 e. The molecule has 1 aromatic heterocycles. The maximum absolute atomic E-state index is 12.6. The van der Waals surface area contributed by atoms with Crippen molar-refractivity contribution in [3.8, 4) is 12.3 Å². The van der Waals surface area contributed by atoms with E-state index in [1.54, 1.807) is 6.20 Å². The topological polar surface area (TPSA) is 33.2 Å². The van der Waals surface area contributed by atoms with Crippen molar-refractivity contribution in [2.45, 2.75) is 37.6 Å². The Labute approximate surface area is 114 Å². The van der Waals surface area contributed by atoms with Gasteiger partial charge in [0.25, 0.3) is 0 Å². The first-order valence-electron chi connectivity index (χ1n) is 6.92. The number of rotatable bonds is 1. The van der Waals surface area contributed by atoms with Gasteiger partial charge in [0, 0.05) is 24.8 Å². The number of terminal acetylenes is 1. The molecule has 1 amide bonds. The van der Waals surface area contributed by atoms with Crippen LogP contribution in [0.15, 0.2) is 18.3 Å². The lowest BCUT2D eigenvalue weighted by atomic mass is 9.77. The van der Waals surface area contributed by atoms with Crippen LogP contribution < -0.4 is 0 Å². The zero-order valence-electron chi connectivity index (χ0n) is 11.2. The number of likely N-dealkylation sites (tertiary alicyclic amines) is 1. The first-order valence-corrected chi connectivity index (χ1v) is 6.92. The number of hydrogen-bond donors (Lipinski definition) is 0. The zero-order valence-corrected chi connectivity index (χ0v) is 11.2. The average molecular weight is 254 g/mol. The van der Waals surface area contributed by atoms with Crippen LogP contribution in [0.4, 0.5) is 0 Å². The Morgan fingerprint density at radius 1 is 1.42 bits per heavy atom. The van der Waals surface area contributed by atoms with E-state index in [0.717, 1.165) is 24.1 Å². The van der Waals surface area contributed by atoms with Crippen LogP contribution >= 0.6 is 0 Å². The molecule has 2 fully saturated rings. The van der Waals surface area contributed by atoms with Gasteiger partial charge in [-0.2, -0.15) is 0 Å². The Bertz CT molecular complexity index is 546. The molecule has 2 aliphatic rings. The van der Waals surface area contributed by atoms with E-state index >= 15 is 0 Å². The number of carbonyl (C=O) groups is 1. The van der Waals surface area contributed by atoms with Gasteiger partial charge in [0.1, 0.15) is 0 Å². The second-order valence-corrected chi connectivity index (χ2v) is 5.52. The number of hydrogen-bond acceptors (Lipinski definition) is 2. The highest BCUT2D eigenvalue weighted by Gasteiger charge is 2.48. The lowest BCUT2D eigenvalue weighted by Gasteiger charge is -2.30. The van der Waals surface area contributed by atoms with Gasteiger partial charge in [-0.1, -0.05) is 18.8 Å². The monoisotopic (exact) mass is 254 g/mol. The first-order chi connectivity index (χ1) is 9.24. The van der Waals surface area contributed by atoms with Crippen LogP contribution in [0, 0.1) is 18.3 Å². The quantitative estimate of drug-likeness (QED) is 0.720. The summed E-state index contributed by atoms with van der Waals surface area (Å²) in [6, 6.07) is 4.09. The van der Waals surface area contributed by atoms with Crippen molar-refractivity contribution in [1.29, 1.82) is 0 Å². The first kappa shape index (κ1) is 12.2. The van der Waals surface area contributed by atoms with Gasteiger partial charge < -0.3 is 4.90 Å². The number of fused-ring (bicyclic) bond motifs is 1. The molecule has 1 saturated heterocycles. The molecule has 0 radical (unpaired) electrons. The summed E-state index contributed by atoms with van der Waals surface area (Å²) in [5.41, 5.74) is 1.57. The van der Waals surface area contributed by atoms with Crippen LogP contribution in [-0.4, -0.2) is 28.9 Å². The van der Waals surface area contributed by atoms with Crippen molar-refractivity contribution in [2.24, 2.45) is 5.92 Å². The number of nitrogens with zero attached hydrogens (tertiary/aromatic N) is 2. The van der Waals surface area contributed by atoms with Gasteiger partial charge in [-0.25, -0.2) is 0 Å². The van der Waals surface area contributed by atoms with Gasteiger partial charge >= 0.3 is 0 Å². The van der Waals surface area contributed by atoms with Crippen molar-refractivity contribution in [1.82, 2.24) is 9.88 Å². The lowest BCUT2D eigenvalue weighted by Crippen LogP contribution is -2.33. The molecule has 2 unspecified atom stereocenters. The molecule has 98 valence electrons. The van der Waals surface area contributed by atoms with Crippen molar-refractivity contribution in [3.63, 3.8) is 0 Å². The molecule has 1 saturated carbocycles. The van der Waals surface area contributed by atoms with Gasteiger partial charge in [-0.05, 0) is 30.9 Å². The fourth-order valence-corrected chi connectivity index (χ4v) is 3.68. The summed E-state index contributed by atoms with van der Waals surface area (Å²) < 4.78 is 0. The molecular formula is C16H18N2O. The molecule has 19 heavy (non-hydrogen) atoms. The molecular weight excluding hydrogens is 236 g/mol. The summed E-state index contributed by atoms with van der Waals surface area (Å²) in [5.74, 6) is 3.10. The lowest BCUT2D eigenvalue weighted by molar-refractivity contribution is -0.128. The van der Waals surface area contributed by atoms with Crippen molar-refractivity contribution >= 4 is 5.91 Å². The van der Waals surface area contributed by atoms with Crippen molar-refractivity contribution in [2.75, 3.05) is 7.05 Å². The van der Waals surface area contributed by atoms with Gasteiger partial charge in [-0.15, -0.1) is 6.42 Å². The van der Waals surface area contributed by atoms with Crippen molar-refractivity contribution < 1.29 is 4.79 Å². The van der Waals surface area contributed by atoms with Crippen LogP contribution in [-0.2, 0) is 4.79 Å². The van der Waals surface area contributed by atoms with E-state index in [1.807, 2.05) is 24.1 Å². The normalized spacial score (nSPS) is 30.0. The number of amides is 1. The van der Waals surface area contributed by atoms with E-state index in [-0.39, 0.29) is 11.8 Å². The third-order valence-electron chi connectivity index (χ3n) is 4.61. The Morgan fingerprint density at radius 2 is 2.21 bits per heavy atom. The molecule has 2 heterocycles. The van der Waals surface area contributed by atoms with Crippen LogP contribution in [0.25, 0.3) is 0 Å². The molecule has 0 aromatic carbocycles. The Hall–Kier alpha value is -1.82.